The Balaban J connectivity index is 1.87. The third-order valence-corrected chi connectivity index (χ3v) is 7.46. The minimum atomic E-state index is -3.31. The average Bonchev–Trinajstić information content (AvgIpc) is 2.88. The predicted octanol–water partition coefficient (Wildman–Crippen LogP) is 2.30. The van der Waals surface area contributed by atoms with Crippen LogP contribution in [0.1, 0.15) is 37.8 Å². The Labute approximate surface area is 165 Å². The van der Waals surface area contributed by atoms with Crippen molar-refractivity contribution >= 4 is 27.6 Å². The zero-order chi connectivity index (χ0) is 20.7. The number of nitrogens with one attached hydrogen (secondary N) is 1. The maximum absolute atomic E-state index is 13.1. The predicted molar refractivity (Wildman–Crippen MR) is 106 cm³/mol. The molecule has 1 N–H and O–H groups in total. The van der Waals surface area contributed by atoms with E-state index in [0.29, 0.717) is 11.3 Å². The molecule has 0 bridgehead atoms. The van der Waals surface area contributed by atoms with Gasteiger partial charge in [0.05, 0.1) is 11.3 Å². The third-order valence-electron chi connectivity index (χ3n) is 5.58. The Bertz CT molecular complexity index is 957. The Hall–Kier alpha value is -2.19. The number of hydrogen-bond acceptors (Lipinski definition) is 5. The highest BCUT2D eigenvalue weighted by Crippen LogP contribution is 2.42. The third kappa shape index (κ3) is 3.58. The molecule has 0 aliphatic carbocycles. The Morgan fingerprint density at radius 3 is 2.46 bits per heavy atom. The smallest absolute Gasteiger partial charge is 0.335 e. The van der Waals surface area contributed by atoms with E-state index in [2.05, 4.69) is 5.32 Å². The van der Waals surface area contributed by atoms with Crippen LogP contribution in [0.25, 0.3) is 0 Å². The minimum absolute atomic E-state index is 0.0225. The molecule has 8 heteroatoms. The lowest BCUT2D eigenvalue weighted by Crippen LogP contribution is -2.49. The van der Waals surface area contributed by atoms with Gasteiger partial charge in [0.1, 0.15) is 5.60 Å². The van der Waals surface area contributed by atoms with Crippen LogP contribution >= 0.6 is 0 Å². The molecule has 1 saturated heterocycles. The van der Waals surface area contributed by atoms with Crippen molar-refractivity contribution in [2.45, 2.75) is 46.1 Å². The van der Waals surface area contributed by atoms with Crippen molar-refractivity contribution in [1.82, 2.24) is 4.31 Å². The van der Waals surface area contributed by atoms with E-state index in [0.717, 1.165) is 11.1 Å². The van der Waals surface area contributed by atoms with Gasteiger partial charge in [0.2, 0.25) is 10.0 Å². The zero-order valence-corrected chi connectivity index (χ0v) is 17.5. The summed E-state index contributed by atoms with van der Waals surface area (Å²) >= 11 is 0. The number of piperidine rings is 1. The molecule has 0 aromatic heterocycles. The van der Waals surface area contributed by atoms with Crippen LogP contribution in [0.2, 0.25) is 0 Å². The maximum Gasteiger partial charge on any atom is 0.335 e. The molecule has 3 rings (SSSR count). The van der Waals surface area contributed by atoms with E-state index >= 15 is 0 Å². The van der Waals surface area contributed by atoms with Gasteiger partial charge in [-0.2, -0.15) is 0 Å². The first kappa shape index (κ1) is 20.5. The molecule has 1 aromatic carbocycles. The molecule has 2 heterocycles. The Morgan fingerprint density at radius 1 is 1.21 bits per heavy atom. The molecule has 0 unspecified atom stereocenters. The summed E-state index contributed by atoms with van der Waals surface area (Å²) in [7, 11) is -3.31. The summed E-state index contributed by atoms with van der Waals surface area (Å²) in [6.45, 7) is 7.46. The highest BCUT2D eigenvalue weighted by Gasteiger charge is 2.51. The Kier molecular flexibility index (Phi) is 5.38. The first-order valence-corrected chi connectivity index (χ1v) is 11.0. The van der Waals surface area contributed by atoms with E-state index < -0.39 is 21.6 Å². The molecule has 152 valence electrons. The fourth-order valence-electron chi connectivity index (χ4n) is 3.84. The molecule has 1 spiro atoms. The molecule has 0 atom stereocenters. The van der Waals surface area contributed by atoms with Crippen LogP contribution < -0.4 is 5.32 Å². The second kappa shape index (κ2) is 7.33. The Morgan fingerprint density at radius 2 is 1.86 bits per heavy atom. The summed E-state index contributed by atoms with van der Waals surface area (Å²) < 4.78 is 31.3. The summed E-state index contributed by atoms with van der Waals surface area (Å²) in [5, 5.41) is 2.91. The number of nitrogens with zero attached hydrogens (tertiary/aromatic N) is 1. The van der Waals surface area contributed by atoms with E-state index in [1.807, 2.05) is 32.0 Å². The van der Waals surface area contributed by atoms with Crippen LogP contribution in [0, 0.1) is 13.8 Å². The number of benzene rings is 1. The van der Waals surface area contributed by atoms with Gasteiger partial charge >= 0.3 is 5.97 Å². The van der Waals surface area contributed by atoms with Crippen LogP contribution in [-0.2, 0) is 24.3 Å². The van der Waals surface area contributed by atoms with Crippen LogP contribution in [0.15, 0.2) is 29.3 Å². The van der Waals surface area contributed by atoms with Crippen molar-refractivity contribution in [3.8, 4) is 0 Å². The van der Waals surface area contributed by atoms with Gasteiger partial charge in [-0.1, -0.05) is 12.1 Å². The standard InChI is InChI=1S/C20H26N2O5S/c1-5-28(25,26)22-10-8-20(9-11-22)17(15(4)19(24)27-20)18(23)21-16-12-13(2)6-7-14(16)3/h6-7,12H,5,8-11H2,1-4H3,(H,21,23). The molecular weight excluding hydrogens is 380 g/mol. The summed E-state index contributed by atoms with van der Waals surface area (Å²) in [6, 6.07) is 5.76. The van der Waals surface area contributed by atoms with Crippen molar-refractivity contribution in [3.05, 3.63) is 40.5 Å². The number of ether oxygens (including phenoxy) is 1. The number of sulfonamides is 1. The van der Waals surface area contributed by atoms with Gasteiger partial charge in [-0.25, -0.2) is 17.5 Å². The molecule has 28 heavy (non-hydrogen) atoms. The highest BCUT2D eigenvalue weighted by molar-refractivity contribution is 7.89. The lowest BCUT2D eigenvalue weighted by atomic mass is 9.83. The fourth-order valence-corrected chi connectivity index (χ4v) is 4.95. The van der Waals surface area contributed by atoms with E-state index in [1.54, 1.807) is 13.8 Å². The van der Waals surface area contributed by atoms with E-state index in [9.17, 15) is 18.0 Å². The number of hydrogen-bond donors (Lipinski definition) is 1. The van der Waals surface area contributed by atoms with Gasteiger partial charge in [0.15, 0.2) is 0 Å². The average molecular weight is 407 g/mol. The molecule has 0 radical (unpaired) electrons. The number of carbonyl (C=O) groups excluding carboxylic acids is 2. The van der Waals surface area contributed by atoms with E-state index in [1.165, 1.54) is 4.31 Å². The number of aryl methyl sites for hydroxylation is 2. The SMILES string of the molecule is CCS(=O)(=O)N1CCC2(CC1)OC(=O)C(C)=C2C(=O)Nc1cc(C)ccc1C. The van der Waals surface area contributed by atoms with Crippen molar-refractivity contribution in [1.29, 1.82) is 0 Å². The van der Waals surface area contributed by atoms with Gasteiger partial charge in [-0.05, 0) is 44.9 Å². The molecular formula is C20H26N2O5S. The number of anilines is 1. The van der Waals surface area contributed by atoms with Gasteiger partial charge in [0.25, 0.3) is 5.91 Å². The van der Waals surface area contributed by atoms with Crippen LogP contribution in [0.3, 0.4) is 0 Å². The number of carbonyl (C=O) groups is 2. The minimum Gasteiger partial charge on any atom is -0.450 e. The molecule has 7 nitrogen and oxygen atoms in total. The molecule has 2 aliphatic rings. The van der Waals surface area contributed by atoms with E-state index in [4.69, 9.17) is 4.74 Å². The summed E-state index contributed by atoms with van der Waals surface area (Å²) in [6.07, 6.45) is 0.537. The van der Waals surface area contributed by atoms with Gasteiger partial charge < -0.3 is 10.1 Å². The summed E-state index contributed by atoms with van der Waals surface area (Å²) in [5.41, 5.74) is 2.15. The monoisotopic (exact) mass is 406 g/mol. The second-order valence-electron chi connectivity index (χ2n) is 7.46. The number of rotatable bonds is 4. The van der Waals surface area contributed by atoms with Crippen molar-refractivity contribution < 1.29 is 22.7 Å². The van der Waals surface area contributed by atoms with Crippen LogP contribution in [0.5, 0.6) is 0 Å². The molecule has 1 amide bonds. The quantitative estimate of drug-likeness (QED) is 0.775. The first-order chi connectivity index (χ1) is 13.1. The van der Waals surface area contributed by atoms with Gasteiger partial charge in [-0.15, -0.1) is 0 Å². The number of esters is 1. The van der Waals surface area contributed by atoms with Crippen LogP contribution in [0.4, 0.5) is 5.69 Å². The fraction of sp³-hybridized carbons (Fsp3) is 0.500. The van der Waals surface area contributed by atoms with Gasteiger partial charge in [-0.3, -0.25) is 4.79 Å². The van der Waals surface area contributed by atoms with Crippen molar-refractivity contribution in [2.75, 3.05) is 24.2 Å². The molecule has 1 fully saturated rings. The first-order valence-electron chi connectivity index (χ1n) is 9.41. The van der Waals surface area contributed by atoms with E-state index in [-0.39, 0.29) is 43.2 Å². The summed E-state index contributed by atoms with van der Waals surface area (Å²) in [5.74, 6) is -0.865. The number of amides is 1. The lowest BCUT2D eigenvalue weighted by molar-refractivity contribution is -0.149. The molecule has 1 aromatic rings. The zero-order valence-electron chi connectivity index (χ0n) is 16.7. The van der Waals surface area contributed by atoms with Crippen molar-refractivity contribution in [2.24, 2.45) is 0 Å². The highest BCUT2D eigenvalue weighted by atomic mass is 32.2. The summed E-state index contributed by atoms with van der Waals surface area (Å²) in [4.78, 5) is 25.4. The normalized spacial score (nSPS) is 19.8. The largest absolute Gasteiger partial charge is 0.450 e. The second-order valence-corrected chi connectivity index (χ2v) is 9.71. The molecule has 0 saturated carbocycles. The lowest BCUT2D eigenvalue weighted by Gasteiger charge is -2.38. The van der Waals surface area contributed by atoms with Gasteiger partial charge in [0, 0.05) is 37.2 Å². The van der Waals surface area contributed by atoms with Crippen molar-refractivity contribution in [3.63, 3.8) is 0 Å². The topological polar surface area (TPSA) is 92.8 Å². The van der Waals surface area contributed by atoms with Crippen LogP contribution in [-0.4, -0.2) is 49.0 Å². The maximum atomic E-state index is 13.1. The molecule has 2 aliphatic heterocycles.